The van der Waals surface area contributed by atoms with E-state index in [2.05, 4.69) is 29.3 Å². The molecule has 1 N–H and O–H groups in total. The number of carbonyl (C=O) groups excluding carboxylic acids is 1. The Morgan fingerprint density at radius 3 is 2.42 bits per heavy atom. The molecule has 1 aliphatic rings. The van der Waals surface area contributed by atoms with Gasteiger partial charge >= 0.3 is 0 Å². The fourth-order valence-electron chi connectivity index (χ4n) is 3.68. The first-order valence-electron chi connectivity index (χ1n) is 10.6. The van der Waals surface area contributed by atoms with Crippen LogP contribution in [0.5, 0.6) is 0 Å². The lowest BCUT2D eigenvalue weighted by Crippen LogP contribution is -2.38. The number of hydrogen-bond donors (Lipinski definition) is 1. The number of amides is 1. The van der Waals surface area contributed by atoms with Crippen molar-refractivity contribution in [1.82, 2.24) is 9.62 Å². The number of hydrogen-bond acceptors (Lipinski definition) is 5. The molecule has 1 unspecified atom stereocenters. The molecular formula is C23H31N3O4S. The minimum absolute atomic E-state index is 0.106. The minimum Gasteiger partial charge on any atom is -0.378 e. The first-order valence-corrected chi connectivity index (χ1v) is 12.0. The quantitative estimate of drug-likeness (QED) is 0.676. The standard InChI is InChI=1S/C23H31N3O4S/c1-4-18(19-8-6-5-7-9-19)17-24-23(27)21-16-20(31(28,29)25(2)3)10-11-22(21)26-12-14-30-15-13-26/h5-11,16,18H,4,12-15,17H2,1-3H3,(H,24,27). The maximum atomic E-state index is 13.2. The van der Waals surface area contributed by atoms with Crippen LogP contribution in [-0.4, -0.2) is 65.6 Å². The number of carbonyl (C=O) groups is 1. The summed E-state index contributed by atoms with van der Waals surface area (Å²) < 4.78 is 31.9. The molecule has 0 radical (unpaired) electrons. The number of sulfonamides is 1. The van der Waals surface area contributed by atoms with Gasteiger partial charge in [-0.15, -0.1) is 0 Å². The van der Waals surface area contributed by atoms with Crippen LogP contribution >= 0.6 is 0 Å². The first kappa shape index (κ1) is 23.2. The Bertz CT molecular complexity index is 987. The van der Waals surface area contributed by atoms with Crippen molar-refractivity contribution in [2.24, 2.45) is 0 Å². The summed E-state index contributed by atoms with van der Waals surface area (Å²) in [6.45, 7) is 5.03. The Morgan fingerprint density at radius 1 is 1.13 bits per heavy atom. The van der Waals surface area contributed by atoms with Gasteiger partial charge in [0.25, 0.3) is 5.91 Å². The molecule has 2 aromatic carbocycles. The number of nitrogens with zero attached hydrogens (tertiary/aromatic N) is 2. The Hall–Kier alpha value is -2.42. The Kier molecular flexibility index (Phi) is 7.69. The summed E-state index contributed by atoms with van der Waals surface area (Å²) in [5.74, 6) is -0.0858. The smallest absolute Gasteiger partial charge is 0.253 e. The SMILES string of the molecule is CCC(CNC(=O)c1cc(S(=O)(=O)N(C)C)ccc1N1CCOCC1)c1ccccc1. The zero-order valence-corrected chi connectivity index (χ0v) is 19.2. The largest absolute Gasteiger partial charge is 0.378 e. The molecule has 0 spiro atoms. The fourth-order valence-corrected chi connectivity index (χ4v) is 4.61. The van der Waals surface area contributed by atoms with Crippen molar-refractivity contribution in [2.75, 3.05) is 51.8 Å². The second-order valence-electron chi connectivity index (χ2n) is 7.79. The second kappa shape index (κ2) is 10.3. The van der Waals surface area contributed by atoms with Crippen LogP contribution in [-0.2, 0) is 14.8 Å². The third-order valence-electron chi connectivity index (χ3n) is 5.62. The van der Waals surface area contributed by atoms with Gasteiger partial charge in [-0.1, -0.05) is 37.3 Å². The van der Waals surface area contributed by atoms with Crippen molar-refractivity contribution in [3.05, 3.63) is 59.7 Å². The van der Waals surface area contributed by atoms with E-state index in [1.165, 1.54) is 25.7 Å². The summed E-state index contributed by atoms with van der Waals surface area (Å²) >= 11 is 0. The molecule has 1 aliphatic heterocycles. The van der Waals surface area contributed by atoms with Crippen molar-refractivity contribution in [2.45, 2.75) is 24.2 Å². The minimum atomic E-state index is -3.65. The van der Waals surface area contributed by atoms with Crippen LogP contribution in [0.25, 0.3) is 0 Å². The lowest BCUT2D eigenvalue weighted by atomic mass is 9.96. The van der Waals surface area contributed by atoms with Crippen LogP contribution in [0.15, 0.2) is 53.4 Å². The summed E-state index contributed by atoms with van der Waals surface area (Å²) in [5.41, 5.74) is 2.27. The highest BCUT2D eigenvalue weighted by Crippen LogP contribution is 2.27. The van der Waals surface area contributed by atoms with Crippen LogP contribution in [0, 0.1) is 0 Å². The van der Waals surface area contributed by atoms with E-state index < -0.39 is 10.0 Å². The number of benzene rings is 2. The van der Waals surface area contributed by atoms with E-state index in [0.717, 1.165) is 16.4 Å². The van der Waals surface area contributed by atoms with E-state index >= 15 is 0 Å². The summed E-state index contributed by atoms with van der Waals surface area (Å²) in [6.07, 6.45) is 0.885. The van der Waals surface area contributed by atoms with Gasteiger partial charge < -0.3 is 15.0 Å². The third kappa shape index (κ3) is 5.44. The first-order chi connectivity index (χ1) is 14.8. The second-order valence-corrected chi connectivity index (χ2v) is 9.94. The number of morpholine rings is 1. The predicted octanol–water partition coefficient (Wildman–Crippen LogP) is 2.70. The third-order valence-corrected chi connectivity index (χ3v) is 7.43. The van der Waals surface area contributed by atoms with Crippen LogP contribution in [0.1, 0.15) is 35.2 Å². The molecule has 8 heteroatoms. The van der Waals surface area contributed by atoms with Crippen LogP contribution in [0.2, 0.25) is 0 Å². The lowest BCUT2D eigenvalue weighted by molar-refractivity contribution is 0.0949. The van der Waals surface area contributed by atoms with Gasteiger partial charge in [0.2, 0.25) is 10.0 Å². The lowest BCUT2D eigenvalue weighted by Gasteiger charge is -2.30. The van der Waals surface area contributed by atoms with Gasteiger partial charge in [-0.05, 0) is 30.2 Å². The summed E-state index contributed by atoms with van der Waals surface area (Å²) in [5, 5.41) is 3.03. The number of ether oxygens (including phenoxy) is 1. The highest BCUT2D eigenvalue weighted by molar-refractivity contribution is 7.89. The van der Waals surface area contributed by atoms with E-state index in [4.69, 9.17) is 4.74 Å². The van der Waals surface area contributed by atoms with Crippen LogP contribution in [0.4, 0.5) is 5.69 Å². The van der Waals surface area contributed by atoms with Crippen LogP contribution < -0.4 is 10.2 Å². The van der Waals surface area contributed by atoms with Gasteiger partial charge in [0.05, 0.1) is 23.7 Å². The maximum Gasteiger partial charge on any atom is 0.253 e. The van der Waals surface area contributed by atoms with Crippen molar-refractivity contribution < 1.29 is 17.9 Å². The van der Waals surface area contributed by atoms with Gasteiger partial charge in [-0.25, -0.2) is 12.7 Å². The van der Waals surface area contributed by atoms with Gasteiger partial charge in [0, 0.05) is 45.3 Å². The monoisotopic (exact) mass is 445 g/mol. The molecule has 1 atom stereocenters. The van der Waals surface area contributed by atoms with E-state index in [1.807, 2.05) is 18.2 Å². The average molecular weight is 446 g/mol. The zero-order chi connectivity index (χ0) is 22.4. The van der Waals surface area contributed by atoms with E-state index in [-0.39, 0.29) is 16.7 Å². The molecule has 1 fully saturated rings. The summed E-state index contributed by atoms with van der Waals surface area (Å²) in [7, 11) is -0.684. The molecule has 7 nitrogen and oxygen atoms in total. The topological polar surface area (TPSA) is 79.0 Å². The molecule has 2 aromatic rings. The van der Waals surface area contributed by atoms with E-state index in [1.54, 1.807) is 12.1 Å². The molecular weight excluding hydrogens is 414 g/mol. The van der Waals surface area contributed by atoms with E-state index in [9.17, 15) is 13.2 Å². The Labute approximate surface area is 185 Å². The fraction of sp³-hybridized carbons (Fsp3) is 0.435. The van der Waals surface area contributed by atoms with Crippen molar-refractivity contribution in [1.29, 1.82) is 0 Å². The molecule has 0 aliphatic carbocycles. The zero-order valence-electron chi connectivity index (χ0n) is 18.4. The molecule has 31 heavy (non-hydrogen) atoms. The van der Waals surface area contributed by atoms with Gasteiger partial charge in [0.1, 0.15) is 0 Å². The maximum absolute atomic E-state index is 13.2. The van der Waals surface area contributed by atoms with E-state index in [0.29, 0.717) is 38.4 Å². The normalized spacial score (nSPS) is 15.7. The van der Waals surface area contributed by atoms with Crippen molar-refractivity contribution in [3.63, 3.8) is 0 Å². The van der Waals surface area contributed by atoms with Gasteiger partial charge in [0.15, 0.2) is 0 Å². The Morgan fingerprint density at radius 2 is 1.81 bits per heavy atom. The van der Waals surface area contributed by atoms with Gasteiger partial charge in [-0.3, -0.25) is 4.79 Å². The van der Waals surface area contributed by atoms with Gasteiger partial charge in [-0.2, -0.15) is 0 Å². The van der Waals surface area contributed by atoms with Crippen molar-refractivity contribution in [3.8, 4) is 0 Å². The molecule has 0 bridgehead atoms. The number of anilines is 1. The summed E-state index contributed by atoms with van der Waals surface area (Å²) in [4.78, 5) is 15.4. The highest BCUT2D eigenvalue weighted by Gasteiger charge is 2.24. The number of rotatable bonds is 8. The molecule has 1 saturated heterocycles. The van der Waals surface area contributed by atoms with Crippen LogP contribution in [0.3, 0.4) is 0 Å². The molecule has 168 valence electrons. The Balaban J connectivity index is 1.89. The number of nitrogens with one attached hydrogen (secondary N) is 1. The average Bonchev–Trinajstić information content (AvgIpc) is 2.80. The molecule has 1 amide bonds. The van der Waals surface area contributed by atoms with Crippen molar-refractivity contribution >= 4 is 21.6 Å². The molecule has 1 heterocycles. The molecule has 3 rings (SSSR count). The summed E-state index contributed by atoms with van der Waals surface area (Å²) in [6, 6.07) is 14.9. The highest BCUT2D eigenvalue weighted by atomic mass is 32.2. The molecule has 0 aromatic heterocycles. The predicted molar refractivity (Wildman–Crippen MR) is 122 cm³/mol. The molecule has 0 saturated carbocycles.